The molecule has 0 spiro atoms. The number of primary amides is 1. The fourth-order valence-electron chi connectivity index (χ4n) is 2.75. The average molecular weight is 295 g/mol. The van der Waals surface area contributed by atoms with Crippen LogP contribution in [0.15, 0.2) is 10.8 Å². The predicted octanol–water partition coefficient (Wildman–Crippen LogP) is 0.870. The number of nitrogens with zero attached hydrogens (tertiary/aromatic N) is 2. The summed E-state index contributed by atoms with van der Waals surface area (Å²) < 4.78 is 10.8. The molecule has 7 heteroatoms. The van der Waals surface area contributed by atoms with Crippen molar-refractivity contribution in [2.45, 2.75) is 38.2 Å². The Morgan fingerprint density at radius 1 is 1.57 bits per heavy atom. The van der Waals surface area contributed by atoms with Gasteiger partial charge >= 0.3 is 0 Å². The molecule has 1 saturated heterocycles. The summed E-state index contributed by atoms with van der Waals surface area (Å²) in [6, 6.07) is 0. The molecule has 1 aliphatic heterocycles. The topological polar surface area (TPSA) is 98.7 Å². The van der Waals surface area contributed by atoms with E-state index in [0.717, 1.165) is 12.8 Å². The second-order valence-corrected chi connectivity index (χ2v) is 5.45. The molecule has 2 rings (SSSR count). The largest absolute Gasteiger partial charge is 0.438 e. The van der Waals surface area contributed by atoms with Gasteiger partial charge in [0.2, 0.25) is 11.7 Å². The Balaban J connectivity index is 2.10. The summed E-state index contributed by atoms with van der Waals surface area (Å²) in [6.45, 7) is 2.80. The summed E-state index contributed by atoms with van der Waals surface area (Å²) in [5.41, 5.74) is 5.27. The van der Waals surface area contributed by atoms with Crippen molar-refractivity contribution in [1.29, 1.82) is 0 Å². The van der Waals surface area contributed by atoms with E-state index in [4.69, 9.17) is 14.9 Å². The molecule has 0 bridgehead atoms. The zero-order valence-corrected chi connectivity index (χ0v) is 12.4. The Morgan fingerprint density at radius 2 is 2.33 bits per heavy atom. The van der Waals surface area contributed by atoms with Crippen LogP contribution in [0.25, 0.3) is 0 Å². The van der Waals surface area contributed by atoms with Gasteiger partial charge in [-0.05, 0) is 26.2 Å². The zero-order chi connectivity index (χ0) is 15.5. The second-order valence-electron chi connectivity index (χ2n) is 5.45. The maximum Gasteiger partial charge on any atom is 0.291 e. The zero-order valence-electron chi connectivity index (χ0n) is 12.4. The predicted molar refractivity (Wildman–Crippen MR) is 74.5 cm³/mol. The number of nitrogens with two attached hydrogens (primary N) is 1. The summed E-state index contributed by atoms with van der Waals surface area (Å²) in [5.74, 6) is -0.289. The molecule has 1 aromatic rings. The second kappa shape index (κ2) is 6.26. The molecule has 1 atom stereocenters. The van der Waals surface area contributed by atoms with Crippen LogP contribution in [-0.2, 0) is 9.53 Å². The van der Waals surface area contributed by atoms with E-state index in [0.29, 0.717) is 25.2 Å². The Hall–Kier alpha value is -1.89. The number of aromatic nitrogens is 1. The van der Waals surface area contributed by atoms with Crippen LogP contribution in [0.5, 0.6) is 0 Å². The first-order chi connectivity index (χ1) is 9.97. The molecule has 1 aromatic heterocycles. The fourth-order valence-corrected chi connectivity index (χ4v) is 2.75. The van der Waals surface area contributed by atoms with Crippen molar-refractivity contribution >= 4 is 11.8 Å². The number of ether oxygens (including phenoxy) is 1. The molecule has 0 aromatic carbocycles. The van der Waals surface area contributed by atoms with Gasteiger partial charge in [0.25, 0.3) is 5.91 Å². The molecule has 0 saturated carbocycles. The minimum Gasteiger partial charge on any atom is -0.438 e. The highest BCUT2D eigenvalue weighted by Crippen LogP contribution is 2.30. The Bertz CT molecular complexity index is 528. The van der Waals surface area contributed by atoms with Crippen LogP contribution in [0.1, 0.15) is 41.9 Å². The molecule has 7 nitrogen and oxygen atoms in total. The number of piperidine rings is 1. The SMILES string of the molecule is CO[C@]1(CCC(N)=O)CCCN(C(=O)c2ocnc2C)C1. The lowest BCUT2D eigenvalue weighted by Gasteiger charge is -2.41. The van der Waals surface area contributed by atoms with Crippen molar-refractivity contribution in [3.8, 4) is 0 Å². The first kappa shape index (κ1) is 15.5. The van der Waals surface area contributed by atoms with Crippen LogP contribution < -0.4 is 5.73 Å². The van der Waals surface area contributed by atoms with Crippen molar-refractivity contribution in [1.82, 2.24) is 9.88 Å². The average Bonchev–Trinajstić information content (AvgIpc) is 2.91. The maximum absolute atomic E-state index is 12.5. The number of oxazole rings is 1. The summed E-state index contributed by atoms with van der Waals surface area (Å²) in [7, 11) is 1.61. The Morgan fingerprint density at radius 3 is 2.90 bits per heavy atom. The molecule has 21 heavy (non-hydrogen) atoms. The standard InChI is InChI=1S/C14H21N3O4/c1-10-12(21-9-16-10)13(19)17-7-3-5-14(8-17,20-2)6-4-11(15)18/h9H,3-8H2,1-2H3,(H2,15,18)/t14-/m0/s1. The molecule has 1 aliphatic rings. The number of likely N-dealkylation sites (tertiary alicyclic amines) is 1. The van der Waals surface area contributed by atoms with Gasteiger partial charge in [-0.25, -0.2) is 4.98 Å². The van der Waals surface area contributed by atoms with E-state index in [1.54, 1.807) is 18.9 Å². The number of carbonyl (C=O) groups is 2. The third-order valence-electron chi connectivity index (χ3n) is 4.03. The number of rotatable bonds is 5. The van der Waals surface area contributed by atoms with Crippen molar-refractivity contribution in [2.75, 3.05) is 20.2 Å². The molecule has 116 valence electrons. The van der Waals surface area contributed by atoms with Gasteiger partial charge in [0.05, 0.1) is 17.8 Å². The number of methoxy groups -OCH3 is 1. The van der Waals surface area contributed by atoms with E-state index >= 15 is 0 Å². The van der Waals surface area contributed by atoms with Crippen molar-refractivity contribution < 1.29 is 18.7 Å². The minimum absolute atomic E-state index is 0.190. The van der Waals surface area contributed by atoms with Crippen LogP contribution in [-0.4, -0.2) is 47.5 Å². The molecule has 0 aliphatic carbocycles. The Kier molecular flexibility index (Phi) is 4.62. The molecule has 1 fully saturated rings. The summed E-state index contributed by atoms with van der Waals surface area (Å²) in [4.78, 5) is 29.1. The van der Waals surface area contributed by atoms with Crippen molar-refractivity contribution in [3.05, 3.63) is 17.8 Å². The first-order valence-corrected chi connectivity index (χ1v) is 7.00. The smallest absolute Gasteiger partial charge is 0.291 e. The maximum atomic E-state index is 12.5. The van der Waals surface area contributed by atoms with Crippen LogP contribution in [0.3, 0.4) is 0 Å². The lowest BCUT2D eigenvalue weighted by molar-refractivity contribution is -0.121. The van der Waals surface area contributed by atoms with Crippen molar-refractivity contribution in [2.24, 2.45) is 5.73 Å². The van der Waals surface area contributed by atoms with E-state index in [9.17, 15) is 9.59 Å². The van der Waals surface area contributed by atoms with E-state index in [1.165, 1.54) is 6.39 Å². The summed E-state index contributed by atoms with van der Waals surface area (Å²) >= 11 is 0. The Labute approximate surface area is 123 Å². The summed E-state index contributed by atoms with van der Waals surface area (Å²) in [6.07, 6.45) is 3.64. The number of aryl methyl sites for hydroxylation is 1. The molecule has 2 heterocycles. The quantitative estimate of drug-likeness (QED) is 0.869. The number of hydrogen-bond donors (Lipinski definition) is 1. The van der Waals surface area contributed by atoms with E-state index in [-0.39, 0.29) is 24.0 Å². The van der Waals surface area contributed by atoms with Gasteiger partial charge in [-0.15, -0.1) is 0 Å². The molecule has 2 N–H and O–H groups in total. The first-order valence-electron chi connectivity index (χ1n) is 7.00. The lowest BCUT2D eigenvalue weighted by atomic mass is 9.87. The van der Waals surface area contributed by atoms with E-state index < -0.39 is 5.60 Å². The van der Waals surface area contributed by atoms with Crippen LogP contribution >= 0.6 is 0 Å². The van der Waals surface area contributed by atoms with E-state index in [2.05, 4.69) is 4.98 Å². The van der Waals surface area contributed by atoms with Crippen LogP contribution in [0.4, 0.5) is 0 Å². The highest BCUT2D eigenvalue weighted by Gasteiger charge is 2.38. The molecular formula is C14H21N3O4. The third kappa shape index (κ3) is 3.41. The fraction of sp³-hybridized carbons (Fsp3) is 0.643. The van der Waals surface area contributed by atoms with Crippen LogP contribution in [0.2, 0.25) is 0 Å². The number of hydrogen-bond acceptors (Lipinski definition) is 5. The van der Waals surface area contributed by atoms with Gasteiger partial charge in [0.1, 0.15) is 0 Å². The normalized spacial score (nSPS) is 22.3. The number of carbonyl (C=O) groups excluding carboxylic acids is 2. The van der Waals surface area contributed by atoms with E-state index in [1.807, 2.05) is 0 Å². The highest BCUT2D eigenvalue weighted by molar-refractivity contribution is 5.92. The molecule has 2 amide bonds. The third-order valence-corrected chi connectivity index (χ3v) is 4.03. The molecule has 0 unspecified atom stereocenters. The van der Waals surface area contributed by atoms with Crippen LogP contribution in [0, 0.1) is 6.92 Å². The van der Waals surface area contributed by atoms with Gasteiger partial charge in [-0.3, -0.25) is 9.59 Å². The highest BCUT2D eigenvalue weighted by atomic mass is 16.5. The monoisotopic (exact) mass is 295 g/mol. The lowest BCUT2D eigenvalue weighted by Crippen LogP contribution is -2.51. The van der Waals surface area contributed by atoms with Gasteiger partial charge in [0.15, 0.2) is 6.39 Å². The number of amides is 2. The van der Waals surface area contributed by atoms with Crippen molar-refractivity contribution in [3.63, 3.8) is 0 Å². The minimum atomic E-state index is -0.517. The van der Waals surface area contributed by atoms with Gasteiger partial charge in [-0.2, -0.15) is 0 Å². The molecular weight excluding hydrogens is 274 g/mol. The molecule has 0 radical (unpaired) electrons. The summed E-state index contributed by atoms with van der Waals surface area (Å²) in [5, 5.41) is 0. The van der Waals surface area contributed by atoms with Gasteiger partial charge < -0.3 is 19.8 Å². The van der Waals surface area contributed by atoms with Gasteiger partial charge in [0, 0.05) is 20.1 Å². The van der Waals surface area contributed by atoms with Gasteiger partial charge in [-0.1, -0.05) is 0 Å².